The van der Waals surface area contributed by atoms with E-state index in [2.05, 4.69) is 45.0 Å². The highest BCUT2D eigenvalue weighted by Gasteiger charge is 2.29. The number of hydrogen-bond acceptors (Lipinski definition) is 1. The van der Waals surface area contributed by atoms with E-state index in [-0.39, 0.29) is 10.8 Å². The second-order valence-electron chi connectivity index (χ2n) is 6.10. The smallest absolute Gasteiger partial charge is 0.126 e. The number of para-hydroxylation sites is 1. The molecule has 0 spiro atoms. The van der Waals surface area contributed by atoms with Crippen molar-refractivity contribution in [1.82, 2.24) is 0 Å². The van der Waals surface area contributed by atoms with Crippen molar-refractivity contribution in [2.45, 2.75) is 45.4 Å². The minimum absolute atomic E-state index is 0.123. The largest absolute Gasteiger partial charge is 0.493 e. The van der Waals surface area contributed by atoms with E-state index < -0.39 is 0 Å². The molecule has 1 aromatic carbocycles. The predicted molar refractivity (Wildman–Crippen MR) is 82.9 cm³/mol. The van der Waals surface area contributed by atoms with Crippen molar-refractivity contribution in [3.63, 3.8) is 0 Å². The summed E-state index contributed by atoms with van der Waals surface area (Å²) in [6, 6.07) is 8.29. The van der Waals surface area contributed by atoms with Gasteiger partial charge in [-0.05, 0) is 36.3 Å². The van der Waals surface area contributed by atoms with Crippen LogP contribution in [-0.2, 0) is 0 Å². The molecule has 0 aliphatic heterocycles. The normalized spacial score (nSPS) is 21.9. The zero-order valence-electron chi connectivity index (χ0n) is 12.1. The lowest BCUT2D eigenvalue weighted by Crippen LogP contribution is -2.21. The fourth-order valence-electron chi connectivity index (χ4n) is 2.71. The topological polar surface area (TPSA) is 9.23 Å². The summed E-state index contributed by atoms with van der Waals surface area (Å²) in [5.41, 5.74) is 2.78. The van der Waals surface area contributed by atoms with Gasteiger partial charge in [0.25, 0.3) is 0 Å². The standard InChI is InChI=1S/C17H23ClO/c1-4-9-19-16-8-6-5-7-15(16)13-10-14(18)12-17(2,3)11-13/h5-8,10,14H,4,9,11-12H2,1-3H3. The van der Waals surface area contributed by atoms with Gasteiger partial charge in [0.1, 0.15) is 5.75 Å². The van der Waals surface area contributed by atoms with Gasteiger partial charge in [-0.25, -0.2) is 0 Å². The molecular formula is C17H23ClO. The first-order valence-electron chi connectivity index (χ1n) is 7.09. The van der Waals surface area contributed by atoms with Crippen LogP contribution in [0.25, 0.3) is 5.57 Å². The molecule has 0 saturated carbocycles. The minimum atomic E-state index is 0.123. The Hall–Kier alpha value is -0.950. The van der Waals surface area contributed by atoms with E-state index in [0.717, 1.165) is 31.6 Å². The second-order valence-corrected chi connectivity index (χ2v) is 6.66. The molecule has 104 valence electrons. The van der Waals surface area contributed by atoms with Gasteiger partial charge in [0.15, 0.2) is 0 Å². The van der Waals surface area contributed by atoms with Gasteiger partial charge in [-0.15, -0.1) is 11.6 Å². The van der Waals surface area contributed by atoms with Crippen LogP contribution in [0.2, 0.25) is 0 Å². The fourth-order valence-corrected chi connectivity index (χ4v) is 3.28. The SMILES string of the molecule is CCCOc1ccccc1C1=CC(Cl)CC(C)(C)C1. The van der Waals surface area contributed by atoms with Crippen molar-refractivity contribution >= 4 is 17.2 Å². The first-order valence-corrected chi connectivity index (χ1v) is 7.52. The Morgan fingerprint density at radius 1 is 1.32 bits per heavy atom. The monoisotopic (exact) mass is 278 g/mol. The third-order valence-corrected chi connectivity index (χ3v) is 3.77. The van der Waals surface area contributed by atoms with Crippen LogP contribution >= 0.6 is 11.6 Å². The molecule has 1 unspecified atom stereocenters. The molecule has 0 saturated heterocycles. The predicted octanol–water partition coefficient (Wildman–Crippen LogP) is 5.29. The van der Waals surface area contributed by atoms with Gasteiger partial charge < -0.3 is 4.74 Å². The Kier molecular flexibility index (Phi) is 4.57. The molecule has 19 heavy (non-hydrogen) atoms. The molecule has 2 heteroatoms. The molecule has 1 aliphatic carbocycles. The average Bonchev–Trinajstić information content (AvgIpc) is 2.34. The van der Waals surface area contributed by atoms with Crippen LogP contribution in [0.15, 0.2) is 30.3 Å². The third-order valence-electron chi connectivity index (χ3n) is 3.49. The van der Waals surface area contributed by atoms with Crippen LogP contribution in [0, 0.1) is 5.41 Å². The van der Waals surface area contributed by atoms with E-state index in [0.29, 0.717) is 0 Å². The minimum Gasteiger partial charge on any atom is -0.493 e. The summed E-state index contributed by atoms with van der Waals surface area (Å²) in [6.07, 6.45) is 5.32. The molecule has 0 N–H and O–H groups in total. The van der Waals surface area contributed by atoms with E-state index in [4.69, 9.17) is 16.3 Å². The van der Waals surface area contributed by atoms with Crippen LogP contribution in [-0.4, -0.2) is 12.0 Å². The zero-order chi connectivity index (χ0) is 13.9. The number of halogens is 1. The summed E-state index contributed by atoms with van der Waals surface area (Å²) < 4.78 is 5.86. The summed E-state index contributed by atoms with van der Waals surface area (Å²) in [6.45, 7) is 7.45. The number of hydrogen-bond donors (Lipinski definition) is 0. The summed E-state index contributed by atoms with van der Waals surface area (Å²) in [7, 11) is 0. The van der Waals surface area contributed by atoms with E-state index in [1.807, 2.05) is 6.07 Å². The van der Waals surface area contributed by atoms with Crippen molar-refractivity contribution in [1.29, 1.82) is 0 Å². The highest BCUT2D eigenvalue weighted by Crippen LogP contribution is 2.43. The van der Waals surface area contributed by atoms with E-state index in [9.17, 15) is 0 Å². The fraction of sp³-hybridized carbons (Fsp3) is 0.529. The van der Waals surface area contributed by atoms with Crippen LogP contribution in [0.4, 0.5) is 0 Å². The summed E-state index contributed by atoms with van der Waals surface area (Å²) in [4.78, 5) is 0. The van der Waals surface area contributed by atoms with Crippen molar-refractivity contribution in [2.75, 3.05) is 6.61 Å². The lowest BCUT2D eigenvalue weighted by atomic mass is 9.75. The third kappa shape index (κ3) is 3.76. The van der Waals surface area contributed by atoms with Gasteiger partial charge in [0.05, 0.1) is 12.0 Å². The van der Waals surface area contributed by atoms with Crippen LogP contribution in [0.3, 0.4) is 0 Å². The molecule has 0 heterocycles. The molecule has 1 aliphatic rings. The lowest BCUT2D eigenvalue weighted by Gasteiger charge is -2.33. The average molecular weight is 279 g/mol. The number of rotatable bonds is 4. The summed E-state index contributed by atoms with van der Waals surface area (Å²) >= 11 is 6.39. The molecule has 0 bridgehead atoms. The van der Waals surface area contributed by atoms with Gasteiger partial charge in [-0.2, -0.15) is 0 Å². The van der Waals surface area contributed by atoms with E-state index >= 15 is 0 Å². The highest BCUT2D eigenvalue weighted by atomic mass is 35.5. The van der Waals surface area contributed by atoms with Crippen LogP contribution < -0.4 is 4.74 Å². The van der Waals surface area contributed by atoms with Crippen molar-refractivity contribution in [3.8, 4) is 5.75 Å². The van der Waals surface area contributed by atoms with Gasteiger partial charge in [0.2, 0.25) is 0 Å². The first-order chi connectivity index (χ1) is 9.02. The Labute approximate surface area is 121 Å². The van der Waals surface area contributed by atoms with E-state index in [1.54, 1.807) is 0 Å². The highest BCUT2D eigenvalue weighted by molar-refractivity contribution is 6.22. The molecule has 1 nitrogen and oxygen atoms in total. The Morgan fingerprint density at radius 3 is 2.74 bits per heavy atom. The number of benzene rings is 1. The number of allylic oxidation sites excluding steroid dienone is 2. The molecular weight excluding hydrogens is 256 g/mol. The van der Waals surface area contributed by atoms with Crippen LogP contribution in [0.1, 0.15) is 45.6 Å². The maximum atomic E-state index is 6.39. The molecule has 0 fully saturated rings. The Balaban J connectivity index is 2.30. The first kappa shape index (κ1) is 14.5. The van der Waals surface area contributed by atoms with E-state index in [1.165, 1.54) is 11.1 Å². The van der Waals surface area contributed by atoms with Crippen molar-refractivity contribution < 1.29 is 4.74 Å². The van der Waals surface area contributed by atoms with Gasteiger partial charge in [-0.1, -0.05) is 45.0 Å². The van der Waals surface area contributed by atoms with Gasteiger partial charge in [0, 0.05) is 5.56 Å². The maximum absolute atomic E-state index is 6.39. The maximum Gasteiger partial charge on any atom is 0.126 e. The van der Waals surface area contributed by atoms with Crippen molar-refractivity contribution in [3.05, 3.63) is 35.9 Å². The van der Waals surface area contributed by atoms with Gasteiger partial charge >= 0.3 is 0 Å². The van der Waals surface area contributed by atoms with Gasteiger partial charge in [-0.3, -0.25) is 0 Å². The molecule has 0 amide bonds. The molecule has 1 aromatic rings. The zero-order valence-corrected chi connectivity index (χ0v) is 12.8. The quantitative estimate of drug-likeness (QED) is 0.680. The Morgan fingerprint density at radius 2 is 2.05 bits per heavy atom. The molecule has 0 aromatic heterocycles. The lowest BCUT2D eigenvalue weighted by molar-refractivity contribution is 0.314. The van der Waals surface area contributed by atoms with Crippen molar-refractivity contribution in [2.24, 2.45) is 5.41 Å². The molecule has 2 rings (SSSR count). The van der Waals surface area contributed by atoms with Crippen LogP contribution in [0.5, 0.6) is 5.75 Å². The Bertz CT molecular complexity index is 462. The number of ether oxygens (including phenoxy) is 1. The number of alkyl halides is 1. The summed E-state index contributed by atoms with van der Waals surface area (Å²) in [5, 5.41) is 0.123. The molecule has 1 atom stereocenters. The summed E-state index contributed by atoms with van der Waals surface area (Å²) in [5.74, 6) is 0.983. The second kappa shape index (κ2) is 6.00. The molecule has 0 radical (unpaired) electrons.